The molecule has 0 aliphatic heterocycles. The summed E-state index contributed by atoms with van der Waals surface area (Å²) in [6, 6.07) is 9.24. The summed E-state index contributed by atoms with van der Waals surface area (Å²) in [5.74, 6) is -0.891. The summed E-state index contributed by atoms with van der Waals surface area (Å²) in [7, 11) is 0. The number of anilines is 1. The van der Waals surface area contributed by atoms with E-state index in [-0.39, 0.29) is 17.7 Å². The number of hydrogen-bond acceptors (Lipinski definition) is 2. The summed E-state index contributed by atoms with van der Waals surface area (Å²) in [6.45, 7) is 0. The average Bonchev–Trinajstić information content (AvgIpc) is 3.29. The molecule has 108 valence electrons. The lowest BCUT2D eigenvalue weighted by Crippen LogP contribution is -2.48. The van der Waals surface area contributed by atoms with Gasteiger partial charge in [-0.1, -0.05) is 30.4 Å². The molecule has 0 heterocycles. The van der Waals surface area contributed by atoms with Gasteiger partial charge < -0.3 is 10.4 Å². The molecule has 6 atom stereocenters. The topological polar surface area (TPSA) is 66.4 Å². The van der Waals surface area contributed by atoms with Crippen molar-refractivity contribution >= 4 is 17.6 Å². The molecule has 0 aromatic heterocycles. The molecule has 2 saturated carbocycles. The van der Waals surface area contributed by atoms with Crippen molar-refractivity contribution in [2.24, 2.45) is 35.5 Å². The first-order valence-electron chi connectivity index (χ1n) is 7.44. The van der Waals surface area contributed by atoms with Crippen molar-refractivity contribution < 1.29 is 14.7 Å². The number of carbonyl (C=O) groups is 2. The minimum atomic E-state index is -0.840. The van der Waals surface area contributed by atoms with Gasteiger partial charge in [-0.05, 0) is 42.2 Å². The van der Waals surface area contributed by atoms with Crippen molar-refractivity contribution in [1.82, 2.24) is 0 Å². The minimum absolute atomic E-state index is 0.0315. The average molecular weight is 283 g/mol. The van der Waals surface area contributed by atoms with E-state index in [1.807, 2.05) is 36.4 Å². The number of rotatable bonds is 3. The number of carboxylic acid groups (broad SMARTS) is 1. The number of carbonyl (C=O) groups excluding carboxylic acids is 1. The summed E-state index contributed by atoms with van der Waals surface area (Å²) in [5.41, 5.74) is 0.726. The van der Waals surface area contributed by atoms with Crippen LogP contribution in [0, 0.1) is 35.5 Å². The van der Waals surface area contributed by atoms with Crippen LogP contribution in [0.4, 0.5) is 5.69 Å². The molecule has 2 bridgehead atoms. The molecule has 4 nitrogen and oxygen atoms in total. The standard InChI is InChI=1S/C17H17NO3/c19-16(18-9-4-2-1-3-5-9)14-10-6-7-11(13-8-12(10)13)15(14)17(20)21/h1-7,10-15H,8H2,(H,18,19)(H,20,21)/t10-,11-,12-,13-,14+,15+/m0/s1. The highest BCUT2D eigenvalue weighted by Gasteiger charge is 2.62. The fourth-order valence-electron chi connectivity index (χ4n) is 4.32. The second-order valence-electron chi connectivity index (χ2n) is 6.35. The van der Waals surface area contributed by atoms with Crippen LogP contribution in [0.5, 0.6) is 0 Å². The monoisotopic (exact) mass is 283 g/mol. The van der Waals surface area contributed by atoms with E-state index in [4.69, 9.17) is 0 Å². The SMILES string of the molecule is O=C(O)[C@@H]1[C@H]2C=C[C@@H]([C@@H]3C[C@@H]23)[C@H]1C(=O)Nc1ccccc1. The first-order valence-corrected chi connectivity index (χ1v) is 7.44. The third-order valence-electron chi connectivity index (χ3n) is 5.28. The van der Waals surface area contributed by atoms with E-state index in [1.54, 1.807) is 0 Å². The second kappa shape index (κ2) is 4.45. The molecule has 1 aromatic carbocycles. The molecular formula is C17H17NO3. The number of para-hydroxylation sites is 1. The zero-order valence-corrected chi connectivity index (χ0v) is 11.5. The van der Waals surface area contributed by atoms with Crippen LogP contribution in [0.25, 0.3) is 0 Å². The molecular weight excluding hydrogens is 266 g/mol. The molecule has 1 aromatic rings. The molecule has 21 heavy (non-hydrogen) atoms. The number of benzene rings is 1. The molecule has 0 unspecified atom stereocenters. The van der Waals surface area contributed by atoms with E-state index in [0.29, 0.717) is 11.8 Å². The van der Waals surface area contributed by atoms with E-state index in [2.05, 4.69) is 11.4 Å². The normalized spacial score (nSPS) is 38.7. The second-order valence-corrected chi connectivity index (χ2v) is 6.35. The maximum Gasteiger partial charge on any atom is 0.307 e. The Bertz CT molecular complexity index is 624. The van der Waals surface area contributed by atoms with Crippen LogP contribution in [0.2, 0.25) is 0 Å². The van der Waals surface area contributed by atoms with E-state index >= 15 is 0 Å². The van der Waals surface area contributed by atoms with Gasteiger partial charge in [-0.3, -0.25) is 9.59 Å². The molecule has 0 radical (unpaired) electrons. The van der Waals surface area contributed by atoms with Crippen molar-refractivity contribution in [1.29, 1.82) is 0 Å². The third-order valence-corrected chi connectivity index (χ3v) is 5.28. The minimum Gasteiger partial charge on any atom is -0.481 e. The predicted octanol–water partition coefficient (Wildman–Crippen LogP) is 2.39. The maximum absolute atomic E-state index is 12.6. The zero-order chi connectivity index (χ0) is 14.6. The Kier molecular flexibility index (Phi) is 2.67. The number of fused-ring (bicyclic) bond motifs is 1. The van der Waals surface area contributed by atoms with Crippen LogP contribution in [0.3, 0.4) is 0 Å². The number of hydrogen-bond donors (Lipinski definition) is 2. The Balaban J connectivity index is 1.62. The molecule has 1 amide bonds. The fraction of sp³-hybridized carbons (Fsp3) is 0.412. The largest absolute Gasteiger partial charge is 0.481 e. The van der Waals surface area contributed by atoms with Gasteiger partial charge in [-0.15, -0.1) is 0 Å². The Hall–Kier alpha value is -2.10. The predicted molar refractivity (Wildman–Crippen MR) is 77.4 cm³/mol. The molecule has 0 saturated heterocycles. The van der Waals surface area contributed by atoms with E-state index in [9.17, 15) is 14.7 Å². The summed E-state index contributed by atoms with van der Waals surface area (Å²) in [4.78, 5) is 24.3. The van der Waals surface area contributed by atoms with Crippen LogP contribution in [-0.2, 0) is 9.59 Å². The van der Waals surface area contributed by atoms with Gasteiger partial charge in [0.15, 0.2) is 0 Å². The molecule has 2 N–H and O–H groups in total. The first kappa shape index (κ1) is 12.6. The van der Waals surface area contributed by atoms with Gasteiger partial charge in [-0.2, -0.15) is 0 Å². The first-order chi connectivity index (χ1) is 10.2. The fourth-order valence-corrected chi connectivity index (χ4v) is 4.32. The van der Waals surface area contributed by atoms with Gasteiger partial charge in [0.1, 0.15) is 0 Å². The molecule has 0 spiro atoms. The molecule has 5 rings (SSSR count). The van der Waals surface area contributed by atoms with Gasteiger partial charge in [-0.25, -0.2) is 0 Å². The quantitative estimate of drug-likeness (QED) is 0.837. The van der Waals surface area contributed by atoms with Crippen molar-refractivity contribution in [3.63, 3.8) is 0 Å². The van der Waals surface area contributed by atoms with Crippen LogP contribution in [0.15, 0.2) is 42.5 Å². The highest BCUT2D eigenvalue weighted by molar-refractivity contribution is 5.96. The third kappa shape index (κ3) is 1.89. The van der Waals surface area contributed by atoms with Gasteiger partial charge >= 0.3 is 5.97 Å². The number of aliphatic carboxylic acids is 1. The van der Waals surface area contributed by atoms with E-state index in [1.165, 1.54) is 0 Å². The van der Waals surface area contributed by atoms with Crippen molar-refractivity contribution in [2.45, 2.75) is 6.42 Å². The summed E-state index contributed by atoms with van der Waals surface area (Å²) in [5, 5.41) is 12.5. The number of carboxylic acids is 1. The van der Waals surface area contributed by atoms with Crippen LogP contribution in [0.1, 0.15) is 6.42 Å². The van der Waals surface area contributed by atoms with Crippen molar-refractivity contribution in [2.75, 3.05) is 5.32 Å². The smallest absolute Gasteiger partial charge is 0.307 e. The zero-order valence-electron chi connectivity index (χ0n) is 11.5. The Morgan fingerprint density at radius 3 is 2.24 bits per heavy atom. The van der Waals surface area contributed by atoms with Gasteiger partial charge in [0.05, 0.1) is 11.8 Å². The summed E-state index contributed by atoms with van der Waals surface area (Å²) < 4.78 is 0. The highest BCUT2D eigenvalue weighted by Crippen LogP contribution is 2.63. The van der Waals surface area contributed by atoms with Gasteiger partial charge in [0.25, 0.3) is 0 Å². The highest BCUT2D eigenvalue weighted by atomic mass is 16.4. The number of nitrogens with one attached hydrogen (secondary N) is 1. The summed E-state index contributed by atoms with van der Waals surface area (Å²) in [6.07, 6.45) is 5.18. The van der Waals surface area contributed by atoms with E-state index in [0.717, 1.165) is 12.1 Å². The lowest BCUT2D eigenvalue weighted by molar-refractivity contribution is -0.152. The Labute approximate surface area is 122 Å². The summed E-state index contributed by atoms with van der Waals surface area (Å²) >= 11 is 0. The number of allylic oxidation sites excluding steroid dienone is 2. The molecule has 4 heteroatoms. The van der Waals surface area contributed by atoms with Crippen LogP contribution < -0.4 is 5.32 Å². The van der Waals surface area contributed by atoms with Crippen LogP contribution >= 0.6 is 0 Å². The van der Waals surface area contributed by atoms with Gasteiger partial charge in [0, 0.05) is 5.69 Å². The van der Waals surface area contributed by atoms with Gasteiger partial charge in [0.2, 0.25) is 5.91 Å². The maximum atomic E-state index is 12.6. The molecule has 4 aliphatic carbocycles. The molecule has 4 aliphatic rings. The Morgan fingerprint density at radius 1 is 1.00 bits per heavy atom. The molecule has 2 fully saturated rings. The lowest BCUT2D eigenvalue weighted by atomic mass is 9.62. The van der Waals surface area contributed by atoms with E-state index < -0.39 is 17.8 Å². The van der Waals surface area contributed by atoms with Crippen molar-refractivity contribution in [3.05, 3.63) is 42.5 Å². The van der Waals surface area contributed by atoms with Crippen LogP contribution in [-0.4, -0.2) is 17.0 Å². The Morgan fingerprint density at radius 2 is 1.62 bits per heavy atom. The van der Waals surface area contributed by atoms with Crippen molar-refractivity contribution in [3.8, 4) is 0 Å². The number of amides is 1. The lowest BCUT2D eigenvalue weighted by Gasteiger charge is -2.41.